The van der Waals surface area contributed by atoms with Gasteiger partial charge >= 0.3 is 7.12 Å². The van der Waals surface area contributed by atoms with E-state index in [0.717, 1.165) is 12.0 Å². The Kier molecular flexibility index (Phi) is 2.73. The van der Waals surface area contributed by atoms with Gasteiger partial charge in [0.2, 0.25) is 0 Å². The molecule has 0 radical (unpaired) electrons. The summed E-state index contributed by atoms with van der Waals surface area (Å²) in [7, 11) is -1.51. The summed E-state index contributed by atoms with van der Waals surface area (Å²) in [6.45, 7) is 1.93. The van der Waals surface area contributed by atoms with Crippen LogP contribution >= 0.6 is 0 Å². The zero-order valence-corrected chi connectivity index (χ0v) is 6.86. The largest absolute Gasteiger partial charge is 0.508 e. The smallest absolute Gasteiger partial charge is 0.488 e. The van der Waals surface area contributed by atoms with Crippen LogP contribution in [0, 0.1) is 0 Å². The standard InChI is InChI=1S/C8H11BO3/c1-2-6-3-7(9(11)12)5-8(10)4-6/h3-5,10-12H,2H2,1H3. The lowest BCUT2D eigenvalue weighted by atomic mass is 9.79. The lowest BCUT2D eigenvalue weighted by Crippen LogP contribution is -2.29. The quantitative estimate of drug-likeness (QED) is 0.525. The highest BCUT2D eigenvalue weighted by molar-refractivity contribution is 6.58. The van der Waals surface area contributed by atoms with Crippen molar-refractivity contribution in [3.63, 3.8) is 0 Å². The molecule has 1 aromatic rings. The van der Waals surface area contributed by atoms with Gasteiger partial charge in [-0.15, -0.1) is 0 Å². The van der Waals surface area contributed by atoms with Gasteiger partial charge < -0.3 is 15.2 Å². The van der Waals surface area contributed by atoms with Gasteiger partial charge in [0.05, 0.1) is 0 Å². The van der Waals surface area contributed by atoms with E-state index in [4.69, 9.17) is 15.2 Å². The number of hydrogen-bond acceptors (Lipinski definition) is 3. The van der Waals surface area contributed by atoms with E-state index >= 15 is 0 Å². The fourth-order valence-electron chi connectivity index (χ4n) is 1.05. The van der Waals surface area contributed by atoms with Gasteiger partial charge in [-0.2, -0.15) is 0 Å². The normalized spacial score (nSPS) is 9.92. The Bertz CT molecular complexity index is 273. The Balaban J connectivity index is 3.06. The van der Waals surface area contributed by atoms with E-state index in [1.165, 1.54) is 6.07 Å². The maximum absolute atomic E-state index is 9.15. The lowest BCUT2D eigenvalue weighted by molar-refractivity contribution is 0.424. The zero-order chi connectivity index (χ0) is 9.14. The van der Waals surface area contributed by atoms with E-state index in [1.807, 2.05) is 6.92 Å². The summed E-state index contributed by atoms with van der Waals surface area (Å²) in [6.07, 6.45) is 0.758. The summed E-state index contributed by atoms with van der Waals surface area (Å²) in [6, 6.07) is 4.60. The van der Waals surface area contributed by atoms with Crippen molar-refractivity contribution in [2.45, 2.75) is 13.3 Å². The SMILES string of the molecule is CCc1cc(O)cc(B(O)O)c1. The van der Waals surface area contributed by atoms with Crippen molar-refractivity contribution in [3.8, 4) is 5.75 Å². The predicted octanol–water partition coefficient (Wildman–Crippen LogP) is -0.366. The molecule has 1 rings (SSSR count). The first-order valence-corrected chi connectivity index (χ1v) is 3.82. The average molecular weight is 166 g/mol. The van der Waals surface area contributed by atoms with Crippen molar-refractivity contribution < 1.29 is 15.2 Å². The minimum atomic E-state index is -1.51. The molecular formula is C8H11BO3. The molecule has 0 bridgehead atoms. The fourth-order valence-corrected chi connectivity index (χ4v) is 1.05. The molecule has 0 saturated heterocycles. The third-order valence-electron chi connectivity index (χ3n) is 1.71. The van der Waals surface area contributed by atoms with Crippen molar-refractivity contribution in [2.24, 2.45) is 0 Å². The first kappa shape index (κ1) is 9.10. The van der Waals surface area contributed by atoms with E-state index in [9.17, 15) is 0 Å². The van der Waals surface area contributed by atoms with Gasteiger partial charge in [-0.3, -0.25) is 0 Å². The number of phenols is 1. The van der Waals surface area contributed by atoms with Crippen LogP contribution in [0.5, 0.6) is 5.75 Å². The van der Waals surface area contributed by atoms with Crippen LogP contribution in [0.25, 0.3) is 0 Å². The van der Waals surface area contributed by atoms with Crippen LogP contribution in [0.1, 0.15) is 12.5 Å². The second-order valence-corrected chi connectivity index (χ2v) is 2.66. The summed E-state index contributed by atoms with van der Waals surface area (Å²) >= 11 is 0. The molecule has 0 fully saturated rings. The number of hydrogen-bond donors (Lipinski definition) is 3. The molecule has 0 spiro atoms. The van der Waals surface area contributed by atoms with Crippen LogP contribution in [-0.2, 0) is 6.42 Å². The van der Waals surface area contributed by atoms with Crippen molar-refractivity contribution in [3.05, 3.63) is 23.8 Å². The first-order chi connectivity index (χ1) is 5.63. The van der Waals surface area contributed by atoms with Gasteiger partial charge in [0.25, 0.3) is 0 Å². The molecule has 1 aromatic carbocycles. The van der Waals surface area contributed by atoms with E-state index in [2.05, 4.69) is 0 Å². The number of phenolic OH excluding ortho intramolecular Hbond substituents is 1. The monoisotopic (exact) mass is 166 g/mol. The summed E-state index contributed by atoms with van der Waals surface area (Å²) < 4.78 is 0. The molecular weight excluding hydrogens is 155 g/mol. The number of benzene rings is 1. The van der Waals surface area contributed by atoms with Gasteiger partial charge in [0, 0.05) is 0 Å². The van der Waals surface area contributed by atoms with E-state index in [0.29, 0.717) is 5.46 Å². The average Bonchev–Trinajstić information content (AvgIpc) is 2.03. The van der Waals surface area contributed by atoms with Gasteiger partial charge in [0.1, 0.15) is 5.75 Å². The zero-order valence-electron chi connectivity index (χ0n) is 6.86. The fraction of sp³-hybridized carbons (Fsp3) is 0.250. The van der Waals surface area contributed by atoms with E-state index in [-0.39, 0.29) is 5.75 Å². The van der Waals surface area contributed by atoms with Gasteiger partial charge in [-0.25, -0.2) is 0 Å². The van der Waals surface area contributed by atoms with Crippen LogP contribution in [0.3, 0.4) is 0 Å². The molecule has 0 aromatic heterocycles. The maximum atomic E-state index is 9.15. The molecule has 0 aliphatic rings. The minimum Gasteiger partial charge on any atom is -0.508 e. The highest BCUT2D eigenvalue weighted by atomic mass is 16.4. The Hall–Kier alpha value is -0.995. The van der Waals surface area contributed by atoms with Gasteiger partial charge in [0.15, 0.2) is 0 Å². The Morgan fingerprint density at radius 2 is 1.92 bits per heavy atom. The molecule has 3 N–H and O–H groups in total. The molecule has 0 saturated carbocycles. The maximum Gasteiger partial charge on any atom is 0.488 e. The third-order valence-corrected chi connectivity index (χ3v) is 1.71. The van der Waals surface area contributed by atoms with Gasteiger partial charge in [-0.05, 0) is 29.6 Å². The van der Waals surface area contributed by atoms with Crippen LogP contribution < -0.4 is 5.46 Å². The molecule has 0 heterocycles. The summed E-state index contributed by atoms with van der Waals surface area (Å²) in [5, 5.41) is 26.8. The molecule has 0 aliphatic heterocycles. The predicted molar refractivity (Wildman–Crippen MR) is 47.3 cm³/mol. The molecule has 0 aliphatic carbocycles. The molecule has 4 heteroatoms. The molecule has 12 heavy (non-hydrogen) atoms. The van der Waals surface area contributed by atoms with Crippen LogP contribution in [-0.4, -0.2) is 22.3 Å². The highest BCUT2D eigenvalue weighted by Crippen LogP contribution is 2.09. The number of aryl methyl sites for hydroxylation is 1. The molecule has 64 valence electrons. The second kappa shape index (κ2) is 3.60. The Morgan fingerprint density at radius 3 is 2.42 bits per heavy atom. The second-order valence-electron chi connectivity index (χ2n) is 2.66. The highest BCUT2D eigenvalue weighted by Gasteiger charge is 2.11. The van der Waals surface area contributed by atoms with Crippen LogP contribution in [0.15, 0.2) is 18.2 Å². The molecule has 0 atom stereocenters. The topological polar surface area (TPSA) is 60.7 Å². The van der Waals surface area contributed by atoms with Crippen molar-refractivity contribution >= 4 is 12.6 Å². The Morgan fingerprint density at radius 1 is 1.25 bits per heavy atom. The summed E-state index contributed by atoms with van der Waals surface area (Å²) in [5.41, 5.74) is 1.21. The minimum absolute atomic E-state index is 0.0671. The third kappa shape index (κ3) is 2.00. The first-order valence-electron chi connectivity index (χ1n) is 3.82. The van der Waals surface area contributed by atoms with Crippen molar-refractivity contribution in [2.75, 3.05) is 0 Å². The number of aromatic hydroxyl groups is 1. The number of rotatable bonds is 2. The van der Waals surface area contributed by atoms with Crippen molar-refractivity contribution in [1.29, 1.82) is 0 Å². The molecule has 0 unspecified atom stereocenters. The van der Waals surface area contributed by atoms with Crippen LogP contribution in [0.2, 0.25) is 0 Å². The van der Waals surface area contributed by atoms with Crippen LogP contribution in [0.4, 0.5) is 0 Å². The summed E-state index contributed by atoms with van der Waals surface area (Å²) in [4.78, 5) is 0. The lowest BCUT2D eigenvalue weighted by Gasteiger charge is -2.03. The van der Waals surface area contributed by atoms with E-state index < -0.39 is 7.12 Å². The molecule has 0 amide bonds. The summed E-state index contributed by atoms with van der Waals surface area (Å²) in [5.74, 6) is 0.0671. The Labute approximate surface area is 71.4 Å². The van der Waals surface area contributed by atoms with E-state index in [1.54, 1.807) is 12.1 Å². The molecule has 3 nitrogen and oxygen atoms in total. The van der Waals surface area contributed by atoms with Crippen molar-refractivity contribution in [1.82, 2.24) is 0 Å². The van der Waals surface area contributed by atoms with Gasteiger partial charge in [-0.1, -0.05) is 13.0 Å².